The summed E-state index contributed by atoms with van der Waals surface area (Å²) in [4.78, 5) is 0.137. The van der Waals surface area contributed by atoms with Crippen molar-refractivity contribution < 1.29 is 13.2 Å². The van der Waals surface area contributed by atoms with Crippen LogP contribution < -0.4 is 9.46 Å². The van der Waals surface area contributed by atoms with Crippen LogP contribution in [0.1, 0.15) is 0 Å². The molecule has 8 heteroatoms. The fourth-order valence-electron chi connectivity index (χ4n) is 1.60. The Morgan fingerprint density at radius 2 is 1.62 bits per heavy atom. The standard InChI is InChI=1S/C13H10Br3NO3S/c1-20-12-6-5-8(7-11(12)16)21(18,19)17-13-9(14)3-2-4-10(13)15/h2-7,17H,1H3. The van der Waals surface area contributed by atoms with Crippen LogP contribution in [0.3, 0.4) is 0 Å². The van der Waals surface area contributed by atoms with Crippen LogP contribution >= 0.6 is 47.8 Å². The lowest BCUT2D eigenvalue weighted by Gasteiger charge is -2.12. The summed E-state index contributed by atoms with van der Waals surface area (Å²) < 4.78 is 34.4. The molecule has 0 aromatic heterocycles. The van der Waals surface area contributed by atoms with Gasteiger partial charge in [0.15, 0.2) is 0 Å². The predicted molar refractivity (Wildman–Crippen MR) is 93.3 cm³/mol. The van der Waals surface area contributed by atoms with E-state index in [1.807, 2.05) is 0 Å². The third kappa shape index (κ3) is 3.80. The van der Waals surface area contributed by atoms with Crippen LogP contribution in [0.25, 0.3) is 0 Å². The van der Waals surface area contributed by atoms with Gasteiger partial charge in [0.25, 0.3) is 10.0 Å². The van der Waals surface area contributed by atoms with Crippen LogP contribution in [0, 0.1) is 0 Å². The summed E-state index contributed by atoms with van der Waals surface area (Å²) in [5, 5.41) is 0. The van der Waals surface area contributed by atoms with Crippen molar-refractivity contribution >= 4 is 63.5 Å². The molecule has 0 fully saturated rings. The van der Waals surface area contributed by atoms with Crippen LogP contribution in [0.4, 0.5) is 5.69 Å². The molecule has 4 nitrogen and oxygen atoms in total. The monoisotopic (exact) mass is 497 g/mol. The van der Waals surface area contributed by atoms with Gasteiger partial charge in [-0.2, -0.15) is 0 Å². The largest absolute Gasteiger partial charge is 0.496 e. The quantitative estimate of drug-likeness (QED) is 0.658. The SMILES string of the molecule is COc1ccc(S(=O)(=O)Nc2c(Br)cccc2Br)cc1Br. The third-order valence-corrected chi connectivity index (χ3v) is 5.92. The molecule has 2 aromatic carbocycles. The molecule has 0 bridgehead atoms. The Morgan fingerprint density at radius 3 is 2.14 bits per heavy atom. The normalized spacial score (nSPS) is 11.2. The van der Waals surface area contributed by atoms with Crippen molar-refractivity contribution in [3.05, 3.63) is 49.8 Å². The van der Waals surface area contributed by atoms with Gasteiger partial charge in [-0.15, -0.1) is 0 Å². The minimum absolute atomic E-state index is 0.137. The molecule has 0 aliphatic heterocycles. The molecule has 21 heavy (non-hydrogen) atoms. The molecule has 0 aliphatic rings. The Hall–Kier alpha value is -0.570. The molecule has 2 aromatic rings. The molecule has 0 amide bonds. The van der Waals surface area contributed by atoms with Crippen molar-refractivity contribution in [3.8, 4) is 5.75 Å². The van der Waals surface area contributed by atoms with Gasteiger partial charge in [0.2, 0.25) is 0 Å². The zero-order valence-corrected chi connectivity index (χ0v) is 16.3. The fourth-order valence-corrected chi connectivity index (χ4v) is 4.88. The van der Waals surface area contributed by atoms with Crippen molar-refractivity contribution in [1.82, 2.24) is 0 Å². The zero-order valence-electron chi connectivity index (χ0n) is 10.7. The van der Waals surface area contributed by atoms with Gasteiger partial charge in [-0.05, 0) is 78.1 Å². The summed E-state index contributed by atoms with van der Waals surface area (Å²) in [5.74, 6) is 0.566. The van der Waals surface area contributed by atoms with Crippen LogP contribution in [0.15, 0.2) is 54.7 Å². The highest BCUT2D eigenvalue weighted by Gasteiger charge is 2.18. The first-order valence-electron chi connectivity index (χ1n) is 5.65. The molecule has 0 radical (unpaired) electrons. The number of nitrogens with one attached hydrogen (secondary N) is 1. The number of hydrogen-bond donors (Lipinski definition) is 1. The molecule has 0 unspecified atom stereocenters. The van der Waals surface area contributed by atoms with Crippen LogP contribution in [0.5, 0.6) is 5.75 Å². The second-order valence-corrected chi connectivity index (χ2v) is 8.24. The second-order valence-electron chi connectivity index (χ2n) is 4.00. The first-order valence-corrected chi connectivity index (χ1v) is 9.52. The second kappa shape index (κ2) is 6.68. The van der Waals surface area contributed by atoms with Crippen molar-refractivity contribution in [2.45, 2.75) is 4.90 Å². The molecule has 2 rings (SSSR count). The van der Waals surface area contributed by atoms with E-state index in [1.165, 1.54) is 19.2 Å². The van der Waals surface area contributed by atoms with E-state index in [0.29, 0.717) is 24.9 Å². The molecule has 0 saturated carbocycles. The van der Waals surface area contributed by atoms with E-state index in [4.69, 9.17) is 4.74 Å². The van der Waals surface area contributed by atoms with Gasteiger partial charge in [0.1, 0.15) is 5.75 Å². The number of hydrogen-bond acceptors (Lipinski definition) is 3. The molecular weight excluding hydrogens is 490 g/mol. The number of methoxy groups -OCH3 is 1. The van der Waals surface area contributed by atoms with Crippen molar-refractivity contribution in [1.29, 1.82) is 0 Å². The minimum Gasteiger partial charge on any atom is -0.496 e. The number of sulfonamides is 1. The molecule has 112 valence electrons. The number of para-hydroxylation sites is 1. The van der Waals surface area contributed by atoms with Gasteiger partial charge in [0, 0.05) is 8.95 Å². The Morgan fingerprint density at radius 1 is 1.00 bits per heavy atom. The molecule has 0 saturated heterocycles. The maximum absolute atomic E-state index is 12.4. The average molecular weight is 500 g/mol. The maximum atomic E-state index is 12.4. The van der Waals surface area contributed by atoms with Crippen LogP contribution in [-0.2, 0) is 10.0 Å². The number of halogens is 3. The average Bonchev–Trinajstić information content (AvgIpc) is 2.43. The van der Waals surface area contributed by atoms with E-state index in [2.05, 4.69) is 52.5 Å². The van der Waals surface area contributed by atoms with Gasteiger partial charge in [0.05, 0.1) is 22.2 Å². The Kier molecular flexibility index (Phi) is 5.34. The summed E-state index contributed by atoms with van der Waals surface area (Å²) in [5.41, 5.74) is 0.449. The maximum Gasteiger partial charge on any atom is 0.262 e. The first kappa shape index (κ1) is 16.8. The van der Waals surface area contributed by atoms with Crippen molar-refractivity contribution in [3.63, 3.8) is 0 Å². The Balaban J connectivity index is 2.41. The summed E-state index contributed by atoms with van der Waals surface area (Å²) in [6.45, 7) is 0. The lowest BCUT2D eigenvalue weighted by atomic mass is 10.3. The predicted octanol–water partition coefficient (Wildman–Crippen LogP) is 4.78. The van der Waals surface area contributed by atoms with E-state index in [9.17, 15) is 8.42 Å². The van der Waals surface area contributed by atoms with E-state index in [1.54, 1.807) is 24.3 Å². The fraction of sp³-hybridized carbons (Fsp3) is 0.0769. The summed E-state index contributed by atoms with van der Waals surface area (Å²) in [7, 11) is -2.18. The molecule has 0 heterocycles. The van der Waals surface area contributed by atoms with E-state index in [-0.39, 0.29) is 4.90 Å². The van der Waals surface area contributed by atoms with Crippen LogP contribution in [0.2, 0.25) is 0 Å². The summed E-state index contributed by atoms with van der Waals surface area (Å²) >= 11 is 9.93. The number of benzene rings is 2. The zero-order chi connectivity index (χ0) is 15.6. The summed E-state index contributed by atoms with van der Waals surface area (Å²) in [6.07, 6.45) is 0. The molecular formula is C13H10Br3NO3S. The highest BCUT2D eigenvalue weighted by Crippen LogP contribution is 2.33. The van der Waals surface area contributed by atoms with Gasteiger partial charge in [-0.25, -0.2) is 8.42 Å². The van der Waals surface area contributed by atoms with Crippen molar-refractivity contribution in [2.24, 2.45) is 0 Å². The lowest BCUT2D eigenvalue weighted by molar-refractivity contribution is 0.411. The molecule has 0 atom stereocenters. The first-order chi connectivity index (χ1) is 9.85. The lowest BCUT2D eigenvalue weighted by Crippen LogP contribution is -2.13. The smallest absolute Gasteiger partial charge is 0.262 e. The Bertz CT molecular complexity index is 758. The number of rotatable bonds is 4. The number of anilines is 1. The molecule has 1 N–H and O–H groups in total. The number of ether oxygens (including phenoxy) is 1. The van der Waals surface area contributed by atoms with Crippen molar-refractivity contribution in [2.75, 3.05) is 11.8 Å². The highest BCUT2D eigenvalue weighted by atomic mass is 79.9. The highest BCUT2D eigenvalue weighted by molar-refractivity contribution is 9.11. The molecule has 0 spiro atoms. The van der Waals surface area contributed by atoms with Gasteiger partial charge < -0.3 is 4.74 Å². The topological polar surface area (TPSA) is 55.4 Å². The van der Waals surface area contributed by atoms with E-state index >= 15 is 0 Å². The third-order valence-electron chi connectivity index (χ3n) is 2.63. The van der Waals surface area contributed by atoms with Gasteiger partial charge in [-0.3, -0.25) is 4.72 Å². The van der Waals surface area contributed by atoms with Gasteiger partial charge in [-0.1, -0.05) is 6.07 Å². The molecule has 0 aliphatic carbocycles. The minimum atomic E-state index is -3.70. The van der Waals surface area contributed by atoms with Gasteiger partial charge >= 0.3 is 0 Å². The van der Waals surface area contributed by atoms with Crippen LogP contribution in [-0.4, -0.2) is 15.5 Å². The van der Waals surface area contributed by atoms with E-state index < -0.39 is 10.0 Å². The van der Waals surface area contributed by atoms with E-state index in [0.717, 1.165) is 0 Å². The Labute approximate surface area is 148 Å². The summed E-state index contributed by atoms with van der Waals surface area (Å²) in [6, 6.07) is 9.88.